The highest BCUT2D eigenvalue weighted by Crippen LogP contribution is 2.32. The van der Waals surface area contributed by atoms with Crippen molar-refractivity contribution >= 4 is 11.0 Å². The van der Waals surface area contributed by atoms with Gasteiger partial charge < -0.3 is 9.52 Å². The number of phenolic OH excluding ortho intramolecular Hbond substituents is 1. The van der Waals surface area contributed by atoms with Gasteiger partial charge in [-0.1, -0.05) is 0 Å². The summed E-state index contributed by atoms with van der Waals surface area (Å²) >= 11 is 0. The van der Waals surface area contributed by atoms with Gasteiger partial charge in [-0.05, 0) is 38.8 Å². The van der Waals surface area contributed by atoms with Gasteiger partial charge in [-0.2, -0.15) is 0 Å². The average Bonchev–Trinajstić information content (AvgIpc) is 2.22. The molecule has 1 heterocycles. The lowest BCUT2D eigenvalue weighted by Gasteiger charge is -2.11. The van der Waals surface area contributed by atoms with E-state index in [1.54, 1.807) is 13.8 Å². The summed E-state index contributed by atoms with van der Waals surface area (Å²) in [6, 6.07) is 1.45. The van der Waals surface area contributed by atoms with Gasteiger partial charge in [-0.3, -0.25) is 4.79 Å². The van der Waals surface area contributed by atoms with Gasteiger partial charge in [0.1, 0.15) is 17.1 Å². The van der Waals surface area contributed by atoms with Crippen molar-refractivity contribution in [2.75, 3.05) is 0 Å². The molecule has 0 bridgehead atoms. The number of fused-ring (bicyclic) bond motifs is 1. The molecule has 3 heteroatoms. The van der Waals surface area contributed by atoms with Crippen LogP contribution in [-0.4, -0.2) is 5.11 Å². The molecule has 0 atom stereocenters. The Labute approximate surface area is 93.3 Å². The number of phenols is 1. The van der Waals surface area contributed by atoms with E-state index in [0.29, 0.717) is 22.3 Å². The fourth-order valence-electron chi connectivity index (χ4n) is 1.98. The third-order valence-corrected chi connectivity index (χ3v) is 3.06. The molecule has 3 nitrogen and oxygen atoms in total. The zero-order chi connectivity index (χ0) is 12.0. The normalized spacial score (nSPS) is 11.0. The predicted octanol–water partition coefficient (Wildman–Crippen LogP) is 2.73. The summed E-state index contributed by atoms with van der Waals surface area (Å²) in [7, 11) is 0. The maximum absolute atomic E-state index is 11.9. The Bertz CT molecular complexity index is 636. The summed E-state index contributed by atoms with van der Waals surface area (Å²) in [5.74, 6) is 0.770. The highest BCUT2D eigenvalue weighted by atomic mass is 16.3. The molecule has 0 saturated carbocycles. The second-order valence-electron chi connectivity index (χ2n) is 4.15. The molecule has 1 N–H and O–H groups in total. The van der Waals surface area contributed by atoms with Crippen molar-refractivity contribution < 1.29 is 9.52 Å². The van der Waals surface area contributed by atoms with Crippen molar-refractivity contribution in [3.63, 3.8) is 0 Å². The standard InChI is InChI=1S/C13H14O3/c1-6-5-10(14)11-9(4)12(15)7(2)8(3)13(11)16-6/h5,15H,1-4H3. The first kappa shape index (κ1) is 10.7. The average molecular weight is 218 g/mol. The number of hydrogen-bond acceptors (Lipinski definition) is 3. The van der Waals surface area contributed by atoms with Crippen LogP contribution in [0.15, 0.2) is 15.3 Å². The first-order valence-electron chi connectivity index (χ1n) is 5.16. The molecule has 0 unspecified atom stereocenters. The fraction of sp³-hybridized carbons (Fsp3) is 0.308. The molecule has 0 aliphatic carbocycles. The highest BCUT2D eigenvalue weighted by Gasteiger charge is 2.15. The third-order valence-electron chi connectivity index (χ3n) is 3.06. The van der Waals surface area contributed by atoms with E-state index in [4.69, 9.17) is 4.42 Å². The third kappa shape index (κ3) is 1.32. The van der Waals surface area contributed by atoms with Gasteiger partial charge >= 0.3 is 0 Å². The van der Waals surface area contributed by atoms with Crippen molar-refractivity contribution in [2.45, 2.75) is 27.7 Å². The zero-order valence-electron chi connectivity index (χ0n) is 9.84. The van der Waals surface area contributed by atoms with E-state index in [2.05, 4.69) is 0 Å². The second kappa shape index (κ2) is 3.37. The van der Waals surface area contributed by atoms with Crippen LogP contribution in [0.2, 0.25) is 0 Å². The van der Waals surface area contributed by atoms with Crippen LogP contribution in [0.25, 0.3) is 11.0 Å². The number of rotatable bonds is 0. The maximum Gasteiger partial charge on any atom is 0.193 e. The fourth-order valence-corrected chi connectivity index (χ4v) is 1.98. The van der Waals surface area contributed by atoms with Crippen molar-refractivity contribution in [3.8, 4) is 5.75 Å². The summed E-state index contributed by atoms with van der Waals surface area (Å²) in [6.07, 6.45) is 0. The Balaban J connectivity index is 3.15. The number of hydrogen-bond donors (Lipinski definition) is 1. The molecule has 0 fully saturated rings. The van der Waals surface area contributed by atoms with Gasteiger partial charge in [0.25, 0.3) is 0 Å². The lowest BCUT2D eigenvalue weighted by Crippen LogP contribution is -2.04. The number of aromatic hydroxyl groups is 1. The van der Waals surface area contributed by atoms with E-state index in [0.717, 1.165) is 11.1 Å². The lowest BCUT2D eigenvalue weighted by molar-refractivity contribution is 0.466. The molecule has 2 rings (SSSR count). The Morgan fingerprint density at radius 3 is 2.31 bits per heavy atom. The van der Waals surface area contributed by atoms with E-state index < -0.39 is 0 Å². The van der Waals surface area contributed by atoms with Crippen LogP contribution in [0, 0.1) is 27.7 Å². The van der Waals surface area contributed by atoms with Crippen LogP contribution < -0.4 is 5.43 Å². The van der Waals surface area contributed by atoms with Gasteiger partial charge in [-0.15, -0.1) is 0 Å². The predicted molar refractivity (Wildman–Crippen MR) is 63.1 cm³/mol. The summed E-state index contributed by atoms with van der Waals surface area (Å²) in [6.45, 7) is 7.15. The van der Waals surface area contributed by atoms with Gasteiger partial charge in [0.2, 0.25) is 0 Å². The first-order valence-corrected chi connectivity index (χ1v) is 5.16. The molecule has 0 amide bonds. The Morgan fingerprint density at radius 1 is 1.06 bits per heavy atom. The summed E-state index contributed by atoms with van der Waals surface area (Å²) in [4.78, 5) is 11.9. The van der Waals surface area contributed by atoms with Crippen LogP contribution >= 0.6 is 0 Å². The Hall–Kier alpha value is -1.77. The summed E-state index contributed by atoms with van der Waals surface area (Å²) in [5, 5.41) is 10.4. The van der Waals surface area contributed by atoms with Crippen LogP contribution in [0.1, 0.15) is 22.5 Å². The minimum atomic E-state index is -0.102. The maximum atomic E-state index is 11.9. The van der Waals surface area contributed by atoms with Gasteiger partial charge in [0.15, 0.2) is 5.43 Å². The molecule has 1 aromatic carbocycles. The smallest absolute Gasteiger partial charge is 0.193 e. The van der Waals surface area contributed by atoms with Crippen molar-refractivity contribution in [2.24, 2.45) is 0 Å². The van der Waals surface area contributed by atoms with Gasteiger partial charge in [0, 0.05) is 11.6 Å². The molecule has 84 valence electrons. The molecular formula is C13H14O3. The van der Waals surface area contributed by atoms with Crippen molar-refractivity contribution in [1.29, 1.82) is 0 Å². The molecule has 0 saturated heterocycles. The quantitative estimate of drug-likeness (QED) is 0.739. The van der Waals surface area contributed by atoms with Crippen LogP contribution in [0.3, 0.4) is 0 Å². The molecular weight excluding hydrogens is 204 g/mol. The largest absolute Gasteiger partial charge is 0.507 e. The van der Waals surface area contributed by atoms with Gasteiger partial charge in [-0.25, -0.2) is 0 Å². The van der Waals surface area contributed by atoms with E-state index in [-0.39, 0.29) is 11.2 Å². The molecule has 2 aromatic rings. The molecule has 0 spiro atoms. The van der Waals surface area contributed by atoms with E-state index >= 15 is 0 Å². The highest BCUT2D eigenvalue weighted by molar-refractivity contribution is 5.86. The minimum absolute atomic E-state index is 0.102. The topological polar surface area (TPSA) is 50.4 Å². The summed E-state index contributed by atoms with van der Waals surface area (Å²) < 4.78 is 5.58. The zero-order valence-corrected chi connectivity index (χ0v) is 9.84. The summed E-state index contributed by atoms with van der Waals surface area (Å²) in [5.41, 5.74) is 2.65. The van der Waals surface area contributed by atoms with Crippen molar-refractivity contribution in [3.05, 3.63) is 38.7 Å². The number of aryl methyl sites for hydroxylation is 3. The molecule has 0 aliphatic rings. The molecule has 1 aromatic heterocycles. The van der Waals surface area contributed by atoms with E-state index in [1.807, 2.05) is 13.8 Å². The van der Waals surface area contributed by atoms with Crippen molar-refractivity contribution in [1.82, 2.24) is 0 Å². The van der Waals surface area contributed by atoms with E-state index in [9.17, 15) is 9.90 Å². The number of benzene rings is 1. The molecule has 0 radical (unpaired) electrons. The van der Waals surface area contributed by atoms with Crippen LogP contribution in [0.4, 0.5) is 0 Å². The van der Waals surface area contributed by atoms with Gasteiger partial charge in [0.05, 0.1) is 5.39 Å². The van der Waals surface area contributed by atoms with Crippen LogP contribution in [0.5, 0.6) is 5.75 Å². The van der Waals surface area contributed by atoms with Crippen LogP contribution in [-0.2, 0) is 0 Å². The minimum Gasteiger partial charge on any atom is -0.507 e. The SMILES string of the molecule is Cc1cc(=O)c2c(C)c(O)c(C)c(C)c2o1. The van der Waals surface area contributed by atoms with E-state index in [1.165, 1.54) is 6.07 Å². The Kier molecular flexibility index (Phi) is 2.26. The first-order chi connectivity index (χ1) is 7.43. The molecule has 16 heavy (non-hydrogen) atoms. The molecule has 0 aliphatic heterocycles. The Morgan fingerprint density at radius 2 is 1.69 bits per heavy atom. The monoisotopic (exact) mass is 218 g/mol. The lowest BCUT2D eigenvalue weighted by atomic mass is 9.99. The second-order valence-corrected chi connectivity index (χ2v) is 4.15.